The Hall–Kier alpha value is -8.22. The Morgan fingerprint density at radius 2 is 0.857 bits per heavy atom. The van der Waals surface area contributed by atoms with Crippen LogP contribution in [0.5, 0.6) is 23.0 Å². The summed E-state index contributed by atoms with van der Waals surface area (Å²) in [7, 11) is 10.3. The van der Waals surface area contributed by atoms with E-state index in [0.29, 0.717) is 58.6 Å². The summed E-state index contributed by atoms with van der Waals surface area (Å²) in [5, 5.41) is 5.98. The highest BCUT2D eigenvalue weighted by molar-refractivity contribution is 5.96. The Kier molecular flexibility index (Phi) is 17.0. The Labute approximate surface area is 409 Å². The second-order valence-electron chi connectivity index (χ2n) is 17.5. The lowest BCUT2D eigenvalue weighted by Crippen LogP contribution is -2.34. The van der Waals surface area contributed by atoms with Crippen molar-refractivity contribution in [1.82, 2.24) is 25.1 Å². The van der Waals surface area contributed by atoms with Gasteiger partial charge in [0, 0.05) is 66.5 Å². The number of aryl methyl sites for hydroxylation is 2. The van der Waals surface area contributed by atoms with Crippen LogP contribution in [0.25, 0.3) is 22.5 Å². The molecule has 2 aromatic heterocycles. The summed E-state index contributed by atoms with van der Waals surface area (Å²) in [6.45, 7) is 4.63. The van der Waals surface area contributed by atoms with E-state index in [9.17, 15) is 18.4 Å². The van der Waals surface area contributed by atoms with Gasteiger partial charge in [0.15, 0.2) is 0 Å². The van der Waals surface area contributed by atoms with E-state index in [1.807, 2.05) is 118 Å². The van der Waals surface area contributed by atoms with Crippen LogP contribution >= 0.6 is 0 Å². The minimum Gasteiger partial charge on any atom is -0.457 e. The summed E-state index contributed by atoms with van der Waals surface area (Å²) in [5.74, 6) is 1.44. The van der Waals surface area contributed by atoms with Gasteiger partial charge < -0.3 is 32.4 Å². The summed E-state index contributed by atoms with van der Waals surface area (Å²) in [6, 6.07) is 50.0. The molecule has 12 heteroatoms. The van der Waals surface area contributed by atoms with E-state index in [4.69, 9.17) is 9.47 Å². The molecular formula is C58H58F2N6O4. The van der Waals surface area contributed by atoms with Gasteiger partial charge in [0.1, 0.15) is 40.3 Å². The van der Waals surface area contributed by atoms with Crippen molar-refractivity contribution in [3.8, 4) is 45.5 Å². The first-order chi connectivity index (χ1) is 33.0. The fourth-order valence-corrected chi connectivity index (χ4v) is 7.10. The summed E-state index contributed by atoms with van der Waals surface area (Å²) >= 11 is 0. The fourth-order valence-electron chi connectivity index (χ4n) is 7.10. The maximum absolute atomic E-state index is 13.1. The normalized spacial score (nSPS) is 10.8. The van der Waals surface area contributed by atoms with Crippen LogP contribution in [0, 0.1) is 32.9 Å². The zero-order valence-corrected chi connectivity index (χ0v) is 40.8. The average molecular weight is 941 g/mol. The van der Waals surface area contributed by atoms with Crippen LogP contribution in [-0.2, 0) is 13.1 Å². The Balaban J connectivity index is 0.000000226. The van der Waals surface area contributed by atoms with E-state index in [0.717, 1.165) is 43.8 Å². The van der Waals surface area contributed by atoms with Gasteiger partial charge in [-0.15, -0.1) is 0 Å². The quantitative estimate of drug-likeness (QED) is 0.0826. The highest BCUT2D eigenvalue weighted by atomic mass is 19.1. The third-order valence-corrected chi connectivity index (χ3v) is 10.9. The summed E-state index contributed by atoms with van der Waals surface area (Å²) in [4.78, 5) is 36.9. The number of hydrogen-bond acceptors (Lipinski definition) is 7. The molecule has 2 N–H and O–H groups in total. The molecule has 2 heterocycles. The molecule has 0 saturated heterocycles. The third kappa shape index (κ3) is 14.4. The number of halogens is 2. The number of hydrogen-bond donors (Lipinski definition) is 2. The van der Waals surface area contributed by atoms with Crippen molar-refractivity contribution >= 4 is 23.2 Å². The van der Waals surface area contributed by atoms with Gasteiger partial charge in [-0.2, -0.15) is 0 Å². The summed E-state index contributed by atoms with van der Waals surface area (Å²) in [6.07, 6.45) is 0. The van der Waals surface area contributed by atoms with Gasteiger partial charge in [-0.1, -0.05) is 24.3 Å². The topological polar surface area (TPSA) is 106 Å². The number of pyridine rings is 2. The standard InChI is InChI=1S/C29H28FN3O2.C28H26FN3O2.CH3/c1-20-17-23(29(34)31-19-21-5-11-25(12-6-21)33(2,3)4)18-28(32-20)22-7-13-26(14-8-22)35-27-15-9-24(30)10-16-27;1-19-16-22(28(33)30-18-20-4-10-24(11-5-20)32(2)3)17-27(31-19)21-6-12-25(13-7-21)34-26-14-8-23(29)9-15-26;/h5-18H,19H2,1-4H3;4-17H,18H2,1-3H3,(H,30,33);1H3/q;;-1/p+1. The van der Waals surface area contributed by atoms with Crippen molar-refractivity contribution in [3.63, 3.8) is 0 Å². The van der Waals surface area contributed by atoms with Gasteiger partial charge >= 0.3 is 0 Å². The number of carbonyl (C=O) groups is 2. The van der Waals surface area contributed by atoms with E-state index in [2.05, 4.69) is 53.9 Å². The molecule has 0 unspecified atom stereocenters. The number of anilines is 1. The molecule has 6 aromatic carbocycles. The van der Waals surface area contributed by atoms with E-state index in [1.165, 1.54) is 30.0 Å². The number of benzene rings is 6. The number of ether oxygens (including phenoxy) is 2. The van der Waals surface area contributed by atoms with E-state index >= 15 is 0 Å². The van der Waals surface area contributed by atoms with Crippen molar-refractivity contribution in [2.75, 3.05) is 40.1 Å². The molecule has 0 atom stereocenters. The van der Waals surface area contributed by atoms with Crippen molar-refractivity contribution < 1.29 is 27.8 Å². The molecule has 0 fully saturated rings. The SMILES string of the molecule is Cc1cc(C(=O)NCc2ccc(N(C)C)cc2)cc(-c2ccc(Oc3ccc(F)cc3)cc2)n1.Cc1cc(C(=O)NCc2ccc([N+](C)(C)C)cc2)cc(-c2ccc(Oc3ccc(F)cc3)cc2)n1.[CH3-]. The third-order valence-electron chi connectivity index (χ3n) is 10.9. The van der Waals surface area contributed by atoms with Crippen LogP contribution in [0.4, 0.5) is 20.2 Å². The molecule has 0 aliphatic rings. The van der Waals surface area contributed by atoms with Gasteiger partial charge in [0.2, 0.25) is 0 Å². The Morgan fingerprint density at radius 1 is 0.514 bits per heavy atom. The first-order valence-corrected chi connectivity index (χ1v) is 22.3. The van der Waals surface area contributed by atoms with E-state index in [1.54, 1.807) is 48.5 Å². The molecule has 0 saturated carbocycles. The monoisotopic (exact) mass is 940 g/mol. The smallest absolute Gasteiger partial charge is 0.251 e. The lowest BCUT2D eigenvalue weighted by Gasteiger charge is -2.23. The molecule has 0 spiro atoms. The van der Waals surface area contributed by atoms with Gasteiger partial charge in [-0.05, 0) is 171 Å². The Bertz CT molecular complexity index is 2990. The van der Waals surface area contributed by atoms with Crippen molar-refractivity contribution in [3.05, 3.63) is 223 Å². The van der Waals surface area contributed by atoms with Crippen LogP contribution in [-0.4, -0.2) is 57.0 Å². The zero-order chi connectivity index (χ0) is 49.1. The molecule has 8 rings (SSSR count). The van der Waals surface area contributed by atoms with Crippen molar-refractivity contribution in [2.45, 2.75) is 26.9 Å². The minimum atomic E-state index is -0.310. The minimum absolute atomic E-state index is 0. The largest absolute Gasteiger partial charge is 0.457 e. The van der Waals surface area contributed by atoms with Crippen molar-refractivity contribution in [2.24, 2.45) is 0 Å². The first-order valence-electron chi connectivity index (χ1n) is 22.3. The Morgan fingerprint density at radius 3 is 1.20 bits per heavy atom. The number of amides is 2. The molecule has 0 bridgehead atoms. The number of carbonyl (C=O) groups excluding carboxylic acids is 2. The van der Waals surface area contributed by atoms with Gasteiger partial charge in [-0.25, -0.2) is 8.78 Å². The van der Waals surface area contributed by atoms with Crippen LogP contribution in [0.15, 0.2) is 170 Å². The number of nitrogens with zero attached hydrogens (tertiary/aromatic N) is 4. The van der Waals surface area contributed by atoms with Crippen LogP contribution < -0.4 is 29.5 Å². The lowest BCUT2D eigenvalue weighted by atomic mass is 10.1. The van der Waals surface area contributed by atoms with Gasteiger partial charge in [-0.3, -0.25) is 24.0 Å². The van der Waals surface area contributed by atoms with Crippen LogP contribution in [0.1, 0.15) is 43.2 Å². The predicted molar refractivity (Wildman–Crippen MR) is 277 cm³/mol. The first kappa shape index (κ1) is 51.2. The van der Waals surface area contributed by atoms with E-state index < -0.39 is 0 Å². The molecule has 358 valence electrons. The zero-order valence-electron chi connectivity index (χ0n) is 40.8. The average Bonchev–Trinajstić information content (AvgIpc) is 3.34. The molecule has 8 aromatic rings. The second kappa shape index (κ2) is 23.2. The maximum atomic E-state index is 13.1. The van der Waals surface area contributed by atoms with Gasteiger partial charge in [0.05, 0.1) is 32.5 Å². The van der Waals surface area contributed by atoms with Crippen LogP contribution in [0.2, 0.25) is 0 Å². The molecular weight excluding hydrogens is 883 g/mol. The summed E-state index contributed by atoms with van der Waals surface area (Å²) < 4.78 is 38.4. The van der Waals surface area contributed by atoms with E-state index in [-0.39, 0.29) is 30.9 Å². The predicted octanol–water partition coefficient (Wildman–Crippen LogP) is 12.5. The molecule has 10 nitrogen and oxygen atoms in total. The van der Waals surface area contributed by atoms with Crippen molar-refractivity contribution in [1.29, 1.82) is 0 Å². The highest BCUT2D eigenvalue weighted by Crippen LogP contribution is 2.28. The molecule has 2 amide bonds. The number of rotatable bonds is 14. The number of nitrogens with one attached hydrogen (secondary N) is 2. The highest BCUT2D eigenvalue weighted by Gasteiger charge is 2.14. The summed E-state index contributed by atoms with van der Waals surface area (Å²) in [5.41, 5.74) is 10.1. The fraction of sp³-hybridized carbons (Fsp3) is 0.155. The van der Waals surface area contributed by atoms with Gasteiger partial charge in [0.25, 0.3) is 11.8 Å². The number of quaternary nitrogens is 1. The molecule has 0 radical (unpaired) electrons. The molecule has 70 heavy (non-hydrogen) atoms. The second-order valence-corrected chi connectivity index (χ2v) is 17.5. The molecule has 0 aliphatic carbocycles. The molecule has 0 aliphatic heterocycles. The maximum Gasteiger partial charge on any atom is 0.251 e. The lowest BCUT2D eigenvalue weighted by molar-refractivity contribution is 0.0942. The van der Waals surface area contributed by atoms with Crippen LogP contribution in [0.3, 0.4) is 0 Å². The number of aromatic nitrogens is 2.